The van der Waals surface area contributed by atoms with Crippen molar-refractivity contribution in [2.75, 3.05) is 6.61 Å². The second-order valence-corrected chi connectivity index (χ2v) is 15.6. The molecule has 3 atom stereocenters. The number of carbonyl (C=O) groups is 1. The third-order valence-electron chi connectivity index (χ3n) is 10.5. The topological polar surface area (TPSA) is 89.8 Å². The molecule has 0 saturated heterocycles. The summed E-state index contributed by atoms with van der Waals surface area (Å²) in [6.45, 7) is 4.16. The van der Waals surface area contributed by atoms with E-state index < -0.39 is 24.2 Å². The first kappa shape index (κ1) is 49.8. The lowest BCUT2D eigenvalue weighted by atomic mass is 10.0. The summed E-state index contributed by atoms with van der Waals surface area (Å²) in [5.74, 6) is -0.511. The van der Waals surface area contributed by atoms with Gasteiger partial charge in [-0.05, 0) is 32.1 Å². The van der Waals surface area contributed by atoms with Crippen LogP contribution in [0.5, 0.6) is 0 Å². The van der Waals surface area contributed by atoms with Gasteiger partial charge in [0.15, 0.2) is 0 Å². The van der Waals surface area contributed by atoms with E-state index in [0.29, 0.717) is 6.42 Å². The number of hydrogen-bond donors (Lipinski definition) is 4. The number of aliphatic hydroxyl groups excluding tert-OH is 3. The number of unbranched alkanes of at least 4 members (excludes halogenated alkanes) is 31. The fraction of sp³-hybridized carbons (Fsp3) is 0.891. The predicted molar refractivity (Wildman–Crippen MR) is 222 cm³/mol. The van der Waals surface area contributed by atoms with E-state index in [-0.39, 0.29) is 6.61 Å². The highest BCUT2D eigenvalue weighted by Gasteiger charge is 2.22. The van der Waals surface area contributed by atoms with E-state index in [1.165, 1.54) is 180 Å². The molecule has 0 aromatic heterocycles. The zero-order valence-corrected chi connectivity index (χ0v) is 34.2. The van der Waals surface area contributed by atoms with Crippen LogP contribution in [0.2, 0.25) is 0 Å². The van der Waals surface area contributed by atoms with E-state index >= 15 is 0 Å². The molecule has 0 spiro atoms. The van der Waals surface area contributed by atoms with Gasteiger partial charge in [0.25, 0.3) is 0 Å². The Balaban J connectivity index is 3.58. The fourth-order valence-corrected chi connectivity index (χ4v) is 6.97. The van der Waals surface area contributed by atoms with Gasteiger partial charge in [-0.2, -0.15) is 0 Å². The molecule has 302 valence electrons. The zero-order valence-electron chi connectivity index (χ0n) is 34.2. The van der Waals surface area contributed by atoms with Crippen LogP contribution in [0.25, 0.3) is 0 Å². The van der Waals surface area contributed by atoms with Crippen LogP contribution in [0, 0.1) is 0 Å². The normalized spacial score (nSPS) is 13.7. The molecule has 0 aliphatic rings. The van der Waals surface area contributed by atoms with Crippen LogP contribution in [0.3, 0.4) is 0 Å². The van der Waals surface area contributed by atoms with E-state index in [1.54, 1.807) is 6.08 Å². The van der Waals surface area contributed by atoms with Crippen LogP contribution < -0.4 is 5.32 Å². The van der Waals surface area contributed by atoms with Crippen molar-refractivity contribution >= 4 is 5.91 Å². The maximum absolute atomic E-state index is 12.4. The second kappa shape index (κ2) is 41.6. The first-order chi connectivity index (χ1) is 25.1. The summed E-state index contributed by atoms with van der Waals surface area (Å²) in [6, 6.07) is -0.810. The molecule has 51 heavy (non-hydrogen) atoms. The number of amides is 1. The minimum absolute atomic E-state index is 0.373. The summed E-state index contributed by atoms with van der Waals surface area (Å²) in [5.41, 5.74) is 0. The molecule has 0 radical (unpaired) electrons. The Hall–Kier alpha value is -1.17. The minimum atomic E-state index is -1.10. The van der Waals surface area contributed by atoms with Gasteiger partial charge in [-0.15, -0.1) is 0 Å². The molecular formula is C46H89NO4. The maximum Gasteiger partial charge on any atom is 0.249 e. The van der Waals surface area contributed by atoms with Crippen molar-refractivity contribution in [1.29, 1.82) is 0 Å². The summed E-state index contributed by atoms with van der Waals surface area (Å²) in [6.07, 6.45) is 50.8. The summed E-state index contributed by atoms with van der Waals surface area (Å²) >= 11 is 0. The Morgan fingerprint density at radius 2 is 0.804 bits per heavy atom. The van der Waals surface area contributed by atoms with Gasteiger partial charge in [0.05, 0.1) is 18.8 Å². The Kier molecular flexibility index (Phi) is 40.6. The molecule has 3 unspecified atom stereocenters. The Labute approximate surface area is 318 Å². The molecule has 0 heterocycles. The molecule has 4 N–H and O–H groups in total. The first-order valence-corrected chi connectivity index (χ1v) is 22.7. The van der Waals surface area contributed by atoms with E-state index in [9.17, 15) is 20.1 Å². The summed E-state index contributed by atoms with van der Waals surface area (Å²) in [7, 11) is 0. The van der Waals surface area contributed by atoms with Crippen molar-refractivity contribution in [3.8, 4) is 0 Å². The number of carbonyl (C=O) groups excluding carboxylic acids is 1. The lowest BCUT2D eigenvalue weighted by Crippen LogP contribution is -2.48. The number of aliphatic hydroxyl groups is 3. The SMILES string of the molecule is CCCCCCCC/C=C/CC/C=C/C(O)C(CO)NC(=O)C(O)CCCCCCCCCCCCCCCCCCCCCCCCCCC. The molecule has 0 aromatic carbocycles. The van der Waals surface area contributed by atoms with Gasteiger partial charge in [0, 0.05) is 0 Å². The predicted octanol–water partition coefficient (Wildman–Crippen LogP) is 13.0. The molecule has 5 heteroatoms. The van der Waals surface area contributed by atoms with Crippen LogP contribution in [0.4, 0.5) is 0 Å². The molecule has 0 bridgehead atoms. The molecule has 5 nitrogen and oxygen atoms in total. The Morgan fingerprint density at radius 3 is 1.20 bits per heavy atom. The summed E-state index contributed by atoms with van der Waals surface area (Å²) in [5, 5.41) is 33.0. The van der Waals surface area contributed by atoms with Gasteiger partial charge in [-0.25, -0.2) is 0 Å². The monoisotopic (exact) mass is 720 g/mol. The third kappa shape index (κ3) is 37.0. The van der Waals surface area contributed by atoms with Crippen LogP contribution in [-0.4, -0.2) is 46.1 Å². The van der Waals surface area contributed by atoms with Crippen LogP contribution in [-0.2, 0) is 4.79 Å². The zero-order chi connectivity index (χ0) is 37.3. The average molecular weight is 720 g/mol. The van der Waals surface area contributed by atoms with Crippen LogP contribution in [0.15, 0.2) is 24.3 Å². The molecule has 0 fully saturated rings. The second-order valence-electron chi connectivity index (χ2n) is 15.6. The largest absolute Gasteiger partial charge is 0.394 e. The van der Waals surface area contributed by atoms with Crippen molar-refractivity contribution in [3.05, 3.63) is 24.3 Å². The quantitative estimate of drug-likeness (QED) is 0.0374. The van der Waals surface area contributed by atoms with Crippen molar-refractivity contribution in [2.24, 2.45) is 0 Å². The molecule has 0 aliphatic carbocycles. The summed E-state index contributed by atoms with van der Waals surface area (Å²) in [4.78, 5) is 12.4. The molecule has 0 rings (SSSR count). The average Bonchev–Trinajstić information content (AvgIpc) is 3.13. The van der Waals surface area contributed by atoms with Crippen molar-refractivity contribution < 1.29 is 20.1 Å². The van der Waals surface area contributed by atoms with Crippen LogP contribution in [0.1, 0.15) is 239 Å². The fourth-order valence-electron chi connectivity index (χ4n) is 6.97. The van der Waals surface area contributed by atoms with Gasteiger partial charge in [0.1, 0.15) is 6.10 Å². The standard InChI is InChI=1S/C46H89NO4/c1-3-5-7-9-11-13-15-17-18-19-20-21-22-23-24-25-26-27-28-29-31-33-35-37-39-41-45(50)46(51)47-43(42-48)44(49)40-38-36-34-32-30-16-14-12-10-8-6-4-2/h30,32,38,40,43-45,48-50H,3-29,31,33-37,39,41-42H2,1-2H3,(H,47,51)/b32-30+,40-38+. The van der Waals surface area contributed by atoms with E-state index in [1.807, 2.05) is 6.08 Å². The van der Waals surface area contributed by atoms with Crippen molar-refractivity contribution in [2.45, 2.75) is 257 Å². The van der Waals surface area contributed by atoms with Gasteiger partial charge in [-0.1, -0.05) is 231 Å². The highest BCUT2D eigenvalue weighted by molar-refractivity contribution is 5.80. The molecule has 0 aliphatic heterocycles. The van der Waals surface area contributed by atoms with Gasteiger partial charge in [0.2, 0.25) is 5.91 Å². The van der Waals surface area contributed by atoms with Crippen molar-refractivity contribution in [1.82, 2.24) is 5.32 Å². The molecule has 0 aromatic rings. The lowest BCUT2D eigenvalue weighted by molar-refractivity contribution is -0.131. The Morgan fingerprint density at radius 1 is 0.471 bits per heavy atom. The van der Waals surface area contributed by atoms with E-state index in [2.05, 4.69) is 31.3 Å². The highest BCUT2D eigenvalue weighted by atomic mass is 16.3. The lowest BCUT2D eigenvalue weighted by Gasteiger charge is -2.21. The van der Waals surface area contributed by atoms with Crippen LogP contribution >= 0.6 is 0 Å². The number of rotatable bonds is 41. The number of hydrogen-bond acceptors (Lipinski definition) is 4. The Bertz CT molecular complexity index is 754. The van der Waals surface area contributed by atoms with Gasteiger partial charge < -0.3 is 20.6 Å². The van der Waals surface area contributed by atoms with E-state index in [0.717, 1.165) is 38.5 Å². The molecule has 0 saturated carbocycles. The number of allylic oxidation sites excluding steroid dienone is 3. The highest BCUT2D eigenvalue weighted by Crippen LogP contribution is 2.16. The third-order valence-corrected chi connectivity index (χ3v) is 10.5. The van der Waals surface area contributed by atoms with E-state index in [4.69, 9.17) is 0 Å². The first-order valence-electron chi connectivity index (χ1n) is 22.7. The van der Waals surface area contributed by atoms with Gasteiger partial charge in [-0.3, -0.25) is 4.79 Å². The maximum atomic E-state index is 12.4. The minimum Gasteiger partial charge on any atom is -0.394 e. The molecule has 1 amide bonds. The van der Waals surface area contributed by atoms with Crippen molar-refractivity contribution in [3.63, 3.8) is 0 Å². The smallest absolute Gasteiger partial charge is 0.249 e. The number of nitrogens with one attached hydrogen (secondary N) is 1. The summed E-state index contributed by atoms with van der Waals surface area (Å²) < 4.78 is 0. The molecular weight excluding hydrogens is 631 g/mol. The van der Waals surface area contributed by atoms with Gasteiger partial charge >= 0.3 is 0 Å².